The van der Waals surface area contributed by atoms with Crippen molar-refractivity contribution in [3.63, 3.8) is 0 Å². The van der Waals surface area contributed by atoms with Crippen LogP contribution in [0, 0.1) is 6.92 Å². The Bertz CT molecular complexity index is 426. The molecule has 0 aromatic heterocycles. The van der Waals surface area contributed by atoms with Gasteiger partial charge in [-0.25, -0.2) is 0 Å². The second-order valence-corrected chi connectivity index (χ2v) is 4.80. The average Bonchev–Trinajstić information content (AvgIpc) is 2.81. The van der Waals surface area contributed by atoms with E-state index in [0.717, 1.165) is 25.2 Å². The molecule has 1 aliphatic rings. The predicted molar refractivity (Wildman–Crippen MR) is 70.9 cm³/mol. The molecule has 1 fully saturated rings. The van der Waals surface area contributed by atoms with Crippen LogP contribution in [-0.4, -0.2) is 42.1 Å². The Morgan fingerprint density at radius 3 is 2.78 bits per heavy atom. The molecule has 1 heterocycles. The van der Waals surface area contributed by atoms with Crippen LogP contribution in [0.2, 0.25) is 0 Å². The van der Waals surface area contributed by atoms with Gasteiger partial charge in [-0.1, -0.05) is 0 Å². The van der Waals surface area contributed by atoms with Crippen molar-refractivity contribution in [1.29, 1.82) is 0 Å². The van der Waals surface area contributed by atoms with Crippen molar-refractivity contribution >= 4 is 5.91 Å². The Labute approximate surface area is 108 Å². The first-order valence-corrected chi connectivity index (χ1v) is 6.47. The van der Waals surface area contributed by atoms with Crippen LogP contribution in [0.15, 0.2) is 18.2 Å². The third kappa shape index (κ3) is 3.23. The molecule has 0 aliphatic carbocycles. The van der Waals surface area contributed by atoms with Gasteiger partial charge in [0.1, 0.15) is 5.75 Å². The molecule has 1 amide bonds. The van der Waals surface area contributed by atoms with Gasteiger partial charge in [0.25, 0.3) is 5.91 Å². The number of aryl methyl sites for hydroxylation is 1. The maximum atomic E-state index is 11.9. The van der Waals surface area contributed by atoms with Gasteiger partial charge in [-0.05, 0) is 56.6 Å². The molecule has 1 aromatic rings. The minimum absolute atomic E-state index is 0.0632. The number of carbonyl (C=O) groups excluding carboxylic acids is 1. The highest BCUT2D eigenvalue weighted by Crippen LogP contribution is 2.15. The zero-order valence-corrected chi connectivity index (χ0v) is 10.8. The van der Waals surface area contributed by atoms with Crippen molar-refractivity contribution < 1.29 is 9.90 Å². The van der Waals surface area contributed by atoms with E-state index >= 15 is 0 Å². The van der Waals surface area contributed by atoms with E-state index < -0.39 is 0 Å². The number of rotatable bonds is 4. The van der Waals surface area contributed by atoms with Crippen LogP contribution in [0.1, 0.15) is 28.8 Å². The Morgan fingerprint density at radius 1 is 1.39 bits per heavy atom. The number of likely N-dealkylation sites (tertiary alicyclic amines) is 1. The van der Waals surface area contributed by atoms with E-state index in [1.54, 1.807) is 18.2 Å². The molecular formula is C14H20N2O2. The fraction of sp³-hybridized carbons (Fsp3) is 0.500. The molecule has 0 saturated carbocycles. The summed E-state index contributed by atoms with van der Waals surface area (Å²) in [5.74, 6) is 0.132. The second kappa shape index (κ2) is 5.87. The molecule has 0 unspecified atom stereocenters. The van der Waals surface area contributed by atoms with Gasteiger partial charge in [-0.3, -0.25) is 4.79 Å². The van der Waals surface area contributed by atoms with Crippen molar-refractivity contribution in [2.75, 3.05) is 26.2 Å². The fourth-order valence-corrected chi connectivity index (χ4v) is 2.33. The summed E-state index contributed by atoms with van der Waals surface area (Å²) >= 11 is 0. The number of amides is 1. The van der Waals surface area contributed by atoms with Gasteiger partial charge in [0.2, 0.25) is 0 Å². The number of nitrogens with one attached hydrogen (secondary N) is 1. The van der Waals surface area contributed by atoms with Gasteiger partial charge in [0.05, 0.1) is 0 Å². The number of phenolic OH excluding ortho intramolecular Hbond substituents is 1. The Morgan fingerprint density at radius 2 is 2.11 bits per heavy atom. The predicted octanol–water partition coefficient (Wildman–Crippen LogP) is 1.53. The second-order valence-electron chi connectivity index (χ2n) is 4.80. The SMILES string of the molecule is Cc1cc(O)ccc1C(=O)NCCN1CCCC1. The van der Waals surface area contributed by atoms with Crippen molar-refractivity contribution in [2.45, 2.75) is 19.8 Å². The van der Waals surface area contributed by atoms with E-state index in [-0.39, 0.29) is 11.7 Å². The lowest BCUT2D eigenvalue weighted by Crippen LogP contribution is -2.33. The normalized spacial score (nSPS) is 15.8. The van der Waals surface area contributed by atoms with Crippen LogP contribution in [-0.2, 0) is 0 Å². The van der Waals surface area contributed by atoms with Gasteiger partial charge < -0.3 is 15.3 Å². The topological polar surface area (TPSA) is 52.6 Å². The highest BCUT2D eigenvalue weighted by Gasteiger charge is 2.12. The van der Waals surface area contributed by atoms with E-state index in [2.05, 4.69) is 10.2 Å². The molecule has 0 spiro atoms. The third-order valence-corrected chi connectivity index (χ3v) is 3.37. The molecule has 1 aromatic carbocycles. The van der Waals surface area contributed by atoms with Gasteiger partial charge in [-0.2, -0.15) is 0 Å². The summed E-state index contributed by atoms with van der Waals surface area (Å²) in [6.45, 7) is 5.72. The van der Waals surface area contributed by atoms with Gasteiger partial charge in [-0.15, -0.1) is 0 Å². The number of hydrogen-bond donors (Lipinski definition) is 2. The maximum Gasteiger partial charge on any atom is 0.251 e. The van der Waals surface area contributed by atoms with Gasteiger partial charge in [0, 0.05) is 18.7 Å². The molecule has 98 valence electrons. The molecule has 4 heteroatoms. The molecule has 4 nitrogen and oxygen atoms in total. The van der Waals surface area contributed by atoms with Crippen LogP contribution < -0.4 is 5.32 Å². The zero-order chi connectivity index (χ0) is 13.0. The average molecular weight is 248 g/mol. The van der Waals surface area contributed by atoms with Crippen molar-refractivity contribution in [1.82, 2.24) is 10.2 Å². The largest absolute Gasteiger partial charge is 0.508 e. The van der Waals surface area contributed by atoms with E-state index in [1.165, 1.54) is 12.8 Å². The number of phenols is 1. The summed E-state index contributed by atoms with van der Waals surface area (Å²) in [7, 11) is 0. The maximum absolute atomic E-state index is 11.9. The minimum atomic E-state index is -0.0632. The lowest BCUT2D eigenvalue weighted by atomic mass is 10.1. The summed E-state index contributed by atoms with van der Waals surface area (Å²) in [5.41, 5.74) is 1.43. The Hall–Kier alpha value is -1.55. The number of carbonyl (C=O) groups is 1. The molecule has 1 saturated heterocycles. The molecular weight excluding hydrogens is 228 g/mol. The van der Waals surface area contributed by atoms with E-state index in [4.69, 9.17) is 0 Å². The monoisotopic (exact) mass is 248 g/mol. The van der Waals surface area contributed by atoms with Crippen LogP contribution in [0.4, 0.5) is 0 Å². The smallest absolute Gasteiger partial charge is 0.251 e. The molecule has 0 radical (unpaired) electrons. The Kier molecular flexibility index (Phi) is 4.20. The highest BCUT2D eigenvalue weighted by atomic mass is 16.3. The third-order valence-electron chi connectivity index (χ3n) is 3.37. The zero-order valence-electron chi connectivity index (χ0n) is 10.8. The number of nitrogens with zero attached hydrogens (tertiary/aromatic N) is 1. The lowest BCUT2D eigenvalue weighted by Gasteiger charge is -2.15. The summed E-state index contributed by atoms with van der Waals surface area (Å²) < 4.78 is 0. The highest BCUT2D eigenvalue weighted by molar-refractivity contribution is 5.95. The number of aromatic hydroxyl groups is 1. The van der Waals surface area contributed by atoms with Crippen molar-refractivity contribution in [3.8, 4) is 5.75 Å². The summed E-state index contributed by atoms with van der Waals surface area (Å²) in [4.78, 5) is 14.3. The summed E-state index contributed by atoms with van der Waals surface area (Å²) in [6, 6.07) is 4.81. The summed E-state index contributed by atoms with van der Waals surface area (Å²) in [6.07, 6.45) is 2.54. The molecule has 1 aliphatic heterocycles. The van der Waals surface area contributed by atoms with E-state index in [1.807, 2.05) is 6.92 Å². The first-order valence-electron chi connectivity index (χ1n) is 6.47. The van der Waals surface area contributed by atoms with E-state index in [9.17, 15) is 9.90 Å². The van der Waals surface area contributed by atoms with Gasteiger partial charge >= 0.3 is 0 Å². The van der Waals surface area contributed by atoms with Crippen LogP contribution >= 0.6 is 0 Å². The quantitative estimate of drug-likeness (QED) is 0.849. The molecule has 2 rings (SSSR count). The lowest BCUT2D eigenvalue weighted by molar-refractivity contribution is 0.0949. The van der Waals surface area contributed by atoms with Crippen molar-refractivity contribution in [2.24, 2.45) is 0 Å². The number of benzene rings is 1. The molecule has 0 atom stereocenters. The van der Waals surface area contributed by atoms with E-state index in [0.29, 0.717) is 12.1 Å². The van der Waals surface area contributed by atoms with Crippen molar-refractivity contribution in [3.05, 3.63) is 29.3 Å². The molecule has 18 heavy (non-hydrogen) atoms. The molecule has 0 bridgehead atoms. The fourth-order valence-electron chi connectivity index (χ4n) is 2.33. The number of hydrogen-bond acceptors (Lipinski definition) is 3. The Balaban J connectivity index is 1.83. The standard InChI is InChI=1S/C14H20N2O2/c1-11-10-12(17)4-5-13(11)14(18)15-6-9-16-7-2-3-8-16/h4-5,10,17H,2-3,6-9H2,1H3,(H,15,18). The minimum Gasteiger partial charge on any atom is -0.508 e. The first kappa shape index (κ1) is 12.9. The van der Waals surface area contributed by atoms with Crippen LogP contribution in [0.3, 0.4) is 0 Å². The first-order chi connectivity index (χ1) is 8.66. The van der Waals surface area contributed by atoms with Crippen LogP contribution in [0.25, 0.3) is 0 Å². The van der Waals surface area contributed by atoms with Crippen LogP contribution in [0.5, 0.6) is 5.75 Å². The molecule has 2 N–H and O–H groups in total. The van der Waals surface area contributed by atoms with Gasteiger partial charge in [0.15, 0.2) is 0 Å². The summed E-state index contributed by atoms with van der Waals surface area (Å²) in [5, 5.41) is 12.2.